The van der Waals surface area contributed by atoms with Crippen LogP contribution in [0.2, 0.25) is 0 Å². The molecule has 0 fully saturated rings. The van der Waals surface area contributed by atoms with Gasteiger partial charge in [0.2, 0.25) is 0 Å². The molecule has 0 aliphatic heterocycles. The lowest BCUT2D eigenvalue weighted by atomic mass is 10.2. The normalized spacial score (nSPS) is 11.5. The first-order valence-electron chi connectivity index (χ1n) is 6.87. The molecule has 0 atom stereocenters. The van der Waals surface area contributed by atoms with Gasteiger partial charge in [0, 0.05) is 12.3 Å². The third-order valence-electron chi connectivity index (χ3n) is 2.69. The van der Waals surface area contributed by atoms with Gasteiger partial charge in [0.15, 0.2) is 5.57 Å². The monoisotopic (exact) mass is 292 g/mol. The van der Waals surface area contributed by atoms with Crippen molar-refractivity contribution in [1.82, 2.24) is 5.32 Å². The maximum absolute atomic E-state index is 11.9. The van der Waals surface area contributed by atoms with E-state index < -0.39 is 5.97 Å². The molecule has 114 valence electrons. The number of nitriles is 1. The molecule has 1 rings (SSSR count). The summed E-state index contributed by atoms with van der Waals surface area (Å²) in [5, 5.41) is 12.2. The highest BCUT2D eigenvalue weighted by atomic mass is 16.6. The molecule has 0 amide bonds. The third kappa shape index (κ3) is 5.71. The van der Waals surface area contributed by atoms with Crippen molar-refractivity contribution in [2.24, 2.45) is 0 Å². The van der Waals surface area contributed by atoms with Gasteiger partial charge >= 0.3 is 5.97 Å². The molecule has 0 unspecified atom stereocenters. The molecule has 0 aliphatic carbocycles. The number of hydrogen-bond acceptors (Lipinski definition) is 6. The molecule has 0 saturated carbocycles. The zero-order valence-electron chi connectivity index (χ0n) is 12.3. The molecule has 0 radical (unpaired) electrons. The van der Waals surface area contributed by atoms with Gasteiger partial charge in [-0.3, -0.25) is 0 Å². The standard InChI is InChI=1S/C15H20N2O4/c1-3-14(17-11-12-6-5-7-20-12)13(10-16)15(18)21-9-8-19-4-2/h5-7,17H,3-4,8-9,11H2,1-2H3/b14-13+. The van der Waals surface area contributed by atoms with Gasteiger partial charge < -0.3 is 19.2 Å². The fraction of sp³-hybridized carbons (Fsp3) is 0.467. The van der Waals surface area contributed by atoms with Crippen LogP contribution in [0.1, 0.15) is 26.0 Å². The van der Waals surface area contributed by atoms with Crippen LogP contribution in [-0.2, 0) is 20.8 Å². The summed E-state index contributed by atoms with van der Waals surface area (Å²) in [5.74, 6) is 0.0870. The molecule has 0 spiro atoms. The maximum atomic E-state index is 11.9. The van der Waals surface area contributed by atoms with Crippen LogP contribution in [0.3, 0.4) is 0 Å². The Balaban J connectivity index is 2.62. The van der Waals surface area contributed by atoms with Crippen molar-refractivity contribution in [1.29, 1.82) is 5.26 Å². The van der Waals surface area contributed by atoms with Crippen molar-refractivity contribution in [3.63, 3.8) is 0 Å². The van der Waals surface area contributed by atoms with Crippen LogP contribution >= 0.6 is 0 Å². The molecule has 6 nitrogen and oxygen atoms in total. The number of nitrogens with zero attached hydrogens (tertiary/aromatic N) is 1. The number of rotatable bonds is 9. The Kier molecular flexibility index (Phi) is 7.69. The quantitative estimate of drug-likeness (QED) is 0.325. The largest absolute Gasteiger partial charge is 0.467 e. The van der Waals surface area contributed by atoms with Crippen molar-refractivity contribution in [3.05, 3.63) is 35.4 Å². The Labute approximate surface area is 124 Å². The number of carbonyl (C=O) groups excluding carboxylic acids is 1. The zero-order chi connectivity index (χ0) is 15.5. The highest BCUT2D eigenvalue weighted by Crippen LogP contribution is 2.09. The van der Waals surface area contributed by atoms with E-state index in [1.54, 1.807) is 12.3 Å². The Bertz CT molecular complexity index is 500. The zero-order valence-corrected chi connectivity index (χ0v) is 12.3. The minimum Gasteiger partial charge on any atom is -0.467 e. The first-order valence-corrected chi connectivity index (χ1v) is 6.87. The van der Waals surface area contributed by atoms with Crippen LogP contribution in [0, 0.1) is 11.3 Å². The van der Waals surface area contributed by atoms with Gasteiger partial charge in [-0.15, -0.1) is 0 Å². The topological polar surface area (TPSA) is 84.5 Å². The first kappa shape index (κ1) is 16.8. The van der Waals surface area contributed by atoms with Crippen molar-refractivity contribution in [2.75, 3.05) is 19.8 Å². The number of nitrogens with one attached hydrogen (secondary N) is 1. The Hall–Kier alpha value is -2.26. The predicted octanol–water partition coefficient (Wildman–Crippen LogP) is 2.14. The van der Waals surface area contributed by atoms with E-state index in [0.29, 0.717) is 31.9 Å². The summed E-state index contributed by atoms with van der Waals surface area (Å²) in [5.41, 5.74) is 0.524. The molecule has 0 saturated heterocycles. The Morgan fingerprint density at radius 2 is 2.24 bits per heavy atom. The third-order valence-corrected chi connectivity index (χ3v) is 2.69. The molecule has 1 aromatic rings. The van der Waals surface area contributed by atoms with Gasteiger partial charge in [-0.25, -0.2) is 4.79 Å². The first-order chi connectivity index (χ1) is 10.2. The summed E-state index contributed by atoms with van der Waals surface area (Å²) >= 11 is 0. The molecule has 1 aromatic heterocycles. The van der Waals surface area contributed by atoms with Crippen LogP contribution in [0.15, 0.2) is 34.1 Å². The highest BCUT2D eigenvalue weighted by molar-refractivity contribution is 5.93. The summed E-state index contributed by atoms with van der Waals surface area (Å²) in [7, 11) is 0. The highest BCUT2D eigenvalue weighted by Gasteiger charge is 2.16. The summed E-state index contributed by atoms with van der Waals surface area (Å²) in [6.07, 6.45) is 2.09. The van der Waals surface area contributed by atoms with E-state index >= 15 is 0 Å². The second-order valence-electron chi connectivity index (χ2n) is 4.08. The minimum absolute atomic E-state index is 0.0134. The van der Waals surface area contributed by atoms with Gasteiger partial charge in [0.25, 0.3) is 0 Å². The van der Waals surface area contributed by atoms with Crippen molar-refractivity contribution in [2.45, 2.75) is 26.8 Å². The molecular formula is C15H20N2O4. The minimum atomic E-state index is -0.638. The summed E-state index contributed by atoms with van der Waals surface area (Å²) in [6, 6.07) is 5.48. The second-order valence-corrected chi connectivity index (χ2v) is 4.08. The molecule has 6 heteroatoms. The molecule has 0 aliphatic rings. The van der Waals surface area contributed by atoms with Crippen LogP contribution in [0.5, 0.6) is 0 Å². The number of ether oxygens (including phenoxy) is 2. The van der Waals surface area contributed by atoms with Crippen molar-refractivity contribution in [3.8, 4) is 6.07 Å². The van der Waals surface area contributed by atoms with Crippen molar-refractivity contribution < 1.29 is 18.7 Å². The van der Waals surface area contributed by atoms with E-state index in [0.717, 1.165) is 5.76 Å². The van der Waals surface area contributed by atoms with E-state index in [1.165, 1.54) is 0 Å². The molecule has 21 heavy (non-hydrogen) atoms. The lowest BCUT2D eigenvalue weighted by Crippen LogP contribution is -2.20. The predicted molar refractivity (Wildman–Crippen MR) is 75.9 cm³/mol. The van der Waals surface area contributed by atoms with Crippen molar-refractivity contribution >= 4 is 5.97 Å². The average Bonchev–Trinajstić information content (AvgIpc) is 3.01. The van der Waals surface area contributed by atoms with Gasteiger partial charge in [-0.1, -0.05) is 6.92 Å². The summed E-state index contributed by atoms with van der Waals surface area (Å²) in [6.45, 7) is 5.14. The fourth-order valence-electron chi connectivity index (χ4n) is 1.64. The molecule has 0 aromatic carbocycles. The van der Waals surface area contributed by atoms with Crippen LogP contribution in [0.25, 0.3) is 0 Å². The van der Waals surface area contributed by atoms with E-state index in [4.69, 9.17) is 19.2 Å². The van der Waals surface area contributed by atoms with Crippen LogP contribution in [-0.4, -0.2) is 25.8 Å². The van der Waals surface area contributed by atoms with E-state index in [1.807, 2.05) is 26.0 Å². The number of carbonyl (C=O) groups is 1. The molecule has 1 N–H and O–H groups in total. The van der Waals surface area contributed by atoms with E-state index in [-0.39, 0.29) is 12.2 Å². The smallest absolute Gasteiger partial charge is 0.350 e. The maximum Gasteiger partial charge on any atom is 0.350 e. The average molecular weight is 292 g/mol. The molecule has 1 heterocycles. The Morgan fingerprint density at radius 3 is 2.81 bits per heavy atom. The van der Waals surface area contributed by atoms with Gasteiger partial charge in [0.05, 0.1) is 19.4 Å². The van der Waals surface area contributed by atoms with Gasteiger partial charge in [0.1, 0.15) is 18.4 Å². The van der Waals surface area contributed by atoms with E-state index in [9.17, 15) is 4.79 Å². The van der Waals surface area contributed by atoms with Crippen LogP contribution in [0.4, 0.5) is 0 Å². The lowest BCUT2D eigenvalue weighted by molar-refractivity contribution is -0.140. The lowest BCUT2D eigenvalue weighted by Gasteiger charge is -2.10. The number of esters is 1. The number of furan rings is 1. The van der Waals surface area contributed by atoms with Crippen LogP contribution < -0.4 is 5.32 Å². The van der Waals surface area contributed by atoms with Gasteiger partial charge in [-0.2, -0.15) is 5.26 Å². The summed E-state index contributed by atoms with van der Waals surface area (Å²) < 4.78 is 15.3. The molecular weight excluding hydrogens is 272 g/mol. The van der Waals surface area contributed by atoms with E-state index in [2.05, 4.69) is 5.32 Å². The number of allylic oxidation sites excluding steroid dienone is 1. The second kappa shape index (κ2) is 9.61. The summed E-state index contributed by atoms with van der Waals surface area (Å²) in [4.78, 5) is 11.9. The fourth-order valence-corrected chi connectivity index (χ4v) is 1.64. The SMILES string of the molecule is CCOCCOC(=O)/C(C#N)=C(\CC)NCc1ccco1. The number of hydrogen-bond donors (Lipinski definition) is 1. The molecule has 0 bridgehead atoms. The Morgan fingerprint density at radius 1 is 1.43 bits per heavy atom. The van der Waals surface area contributed by atoms with Gasteiger partial charge in [-0.05, 0) is 25.5 Å².